The molecule has 1 heterocycles. The van der Waals surface area contributed by atoms with Crippen LogP contribution in [0.5, 0.6) is 0 Å². The summed E-state index contributed by atoms with van der Waals surface area (Å²) in [5.41, 5.74) is 4.11. The number of benzene rings is 2. The van der Waals surface area contributed by atoms with E-state index in [4.69, 9.17) is 0 Å². The predicted octanol–water partition coefficient (Wildman–Crippen LogP) is 4.18. The fourth-order valence-electron chi connectivity index (χ4n) is 3.24. The number of likely N-dealkylation sites (tertiary alicyclic amines) is 1. The molecule has 2 aromatic rings. The Kier molecular flexibility index (Phi) is 5.17. The number of hydrogen-bond donors (Lipinski definition) is 1. The predicted molar refractivity (Wildman–Crippen MR) is 100 cm³/mol. The zero-order valence-electron chi connectivity index (χ0n) is 14.8. The first-order valence-corrected chi connectivity index (χ1v) is 8.83. The molecule has 0 saturated carbocycles. The van der Waals surface area contributed by atoms with E-state index >= 15 is 0 Å². The Morgan fingerprint density at radius 1 is 0.840 bits per heavy atom. The highest BCUT2D eigenvalue weighted by Crippen LogP contribution is 2.20. The van der Waals surface area contributed by atoms with Crippen LogP contribution in [0.1, 0.15) is 51.1 Å². The Morgan fingerprint density at radius 3 is 2.00 bits per heavy atom. The largest absolute Gasteiger partial charge is 0.339 e. The second-order valence-electron chi connectivity index (χ2n) is 6.65. The number of nitrogens with one attached hydrogen (secondary N) is 1. The lowest BCUT2D eigenvalue weighted by Gasteiger charge is -2.26. The maximum Gasteiger partial charge on any atom is 0.255 e. The van der Waals surface area contributed by atoms with E-state index in [-0.39, 0.29) is 11.8 Å². The van der Waals surface area contributed by atoms with Gasteiger partial charge in [0, 0.05) is 29.9 Å². The third-order valence-electron chi connectivity index (χ3n) is 4.76. The first kappa shape index (κ1) is 17.2. The molecule has 1 aliphatic heterocycles. The first-order chi connectivity index (χ1) is 12.1. The molecular weight excluding hydrogens is 312 g/mol. The number of amides is 2. The standard InChI is InChI=1S/C21H24N2O2/c1-15-7-6-8-16(2)19(15)22-20(24)17-9-11-18(12-10-17)21(25)23-13-4-3-5-14-23/h6-12H,3-5,13-14H2,1-2H3,(H,22,24). The molecule has 0 radical (unpaired) electrons. The zero-order valence-corrected chi connectivity index (χ0v) is 14.8. The summed E-state index contributed by atoms with van der Waals surface area (Å²) >= 11 is 0. The Hall–Kier alpha value is -2.62. The minimum absolute atomic E-state index is 0.0569. The van der Waals surface area contributed by atoms with Crippen LogP contribution in [0, 0.1) is 13.8 Å². The molecule has 2 amide bonds. The third-order valence-corrected chi connectivity index (χ3v) is 4.76. The molecule has 1 N–H and O–H groups in total. The highest BCUT2D eigenvalue weighted by Gasteiger charge is 2.18. The van der Waals surface area contributed by atoms with Crippen LogP contribution in [0.3, 0.4) is 0 Å². The molecule has 1 aliphatic rings. The molecule has 130 valence electrons. The molecule has 0 atom stereocenters. The van der Waals surface area contributed by atoms with E-state index in [2.05, 4.69) is 5.32 Å². The van der Waals surface area contributed by atoms with E-state index in [1.807, 2.05) is 36.9 Å². The van der Waals surface area contributed by atoms with Gasteiger partial charge >= 0.3 is 0 Å². The van der Waals surface area contributed by atoms with Crippen molar-refractivity contribution in [3.63, 3.8) is 0 Å². The van der Waals surface area contributed by atoms with Crippen LogP contribution in [0.2, 0.25) is 0 Å². The van der Waals surface area contributed by atoms with Crippen molar-refractivity contribution in [1.82, 2.24) is 4.90 Å². The lowest BCUT2D eigenvalue weighted by atomic mass is 10.1. The Bertz CT molecular complexity index is 755. The summed E-state index contributed by atoms with van der Waals surface area (Å²) in [6.07, 6.45) is 3.34. The average Bonchev–Trinajstić information content (AvgIpc) is 2.65. The molecule has 0 spiro atoms. The van der Waals surface area contributed by atoms with Crippen molar-refractivity contribution in [2.24, 2.45) is 0 Å². The second kappa shape index (κ2) is 7.51. The van der Waals surface area contributed by atoms with Crippen LogP contribution in [0.15, 0.2) is 42.5 Å². The van der Waals surface area contributed by atoms with Gasteiger partial charge in [-0.3, -0.25) is 9.59 Å². The topological polar surface area (TPSA) is 49.4 Å². The number of rotatable bonds is 3. The number of para-hydroxylation sites is 1. The summed E-state index contributed by atoms with van der Waals surface area (Å²) in [5.74, 6) is -0.101. The lowest BCUT2D eigenvalue weighted by Crippen LogP contribution is -2.35. The van der Waals surface area contributed by atoms with Gasteiger partial charge in [-0.15, -0.1) is 0 Å². The smallest absolute Gasteiger partial charge is 0.255 e. The molecule has 3 rings (SSSR count). The number of carbonyl (C=O) groups is 2. The van der Waals surface area contributed by atoms with Crippen molar-refractivity contribution < 1.29 is 9.59 Å². The van der Waals surface area contributed by atoms with E-state index in [1.165, 1.54) is 6.42 Å². The number of nitrogens with zero attached hydrogens (tertiary/aromatic N) is 1. The fraction of sp³-hybridized carbons (Fsp3) is 0.333. The normalized spacial score (nSPS) is 14.2. The van der Waals surface area contributed by atoms with Gasteiger partial charge < -0.3 is 10.2 Å². The van der Waals surface area contributed by atoms with Crippen LogP contribution in [0.25, 0.3) is 0 Å². The van der Waals surface area contributed by atoms with E-state index in [0.29, 0.717) is 11.1 Å². The van der Waals surface area contributed by atoms with Gasteiger partial charge in [-0.2, -0.15) is 0 Å². The van der Waals surface area contributed by atoms with Gasteiger partial charge in [0.15, 0.2) is 0 Å². The second-order valence-corrected chi connectivity index (χ2v) is 6.65. The SMILES string of the molecule is Cc1cccc(C)c1NC(=O)c1ccc(C(=O)N2CCCCC2)cc1. The van der Waals surface area contributed by atoms with Crippen LogP contribution < -0.4 is 5.32 Å². The van der Waals surface area contributed by atoms with E-state index in [1.54, 1.807) is 24.3 Å². The van der Waals surface area contributed by atoms with Crippen molar-refractivity contribution >= 4 is 17.5 Å². The molecule has 1 saturated heterocycles. The van der Waals surface area contributed by atoms with Crippen LogP contribution in [-0.4, -0.2) is 29.8 Å². The van der Waals surface area contributed by atoms with Gasteiger partial charge in [-0.25, -0.2) is 0 Å². The molecule has 0 aliphatic carbocycles. The first-order valence-electron chi connectivity index (χ1n) is 8.83. The van der Waals surface area contributed by atoms with Gasteiger partial charge in [0.2, 0.25) is 0 Å². The number of carbonyl (C=O) groups excluding carboxylic acids is 2. The highest BCUT2D eigenvalue weighted by atomic mass is 16.2. The van der Waals surface area contributed by atoms with Crippen molar-refractivity contribution in [2.45, 2.75) is 33.1 Å². The summed E-state index contributed by atoms with van der Waals surface area (Å²) < 4.78 is 0. The minimum Gasteiger partial charge on any atom is -0.339 e. The van der Waals surface area contributed by atoms with Gasteiger partial charge in [0.25, 0.3) is 11.8 Å². The van der Waals surface area contributed by atoms with Crippen molar-refractivity contribution in [3.05, 3.63) is 64.7 Å². The summed E-state index contributed by atoms with van der Waals surface area (Å²) in [6.45, 7) is 5.60. The van der Waals surface area contributed by atoms with Gasteiger partial charge in [0.1, 0.15) is 0 Å². The van der Waals surface area contributed by atoms with Crippen molar-refractivity contribution in [3.8, 4) is 0 Å². The Morgan fingerprint density at radius 2 is 1.40 bits per heavy atom. The van der Waals surface area contributed by atoms with E-state index < -0.39 is 0 Å². The molecule has 0 bridgehead atoms. The van der Waals surface area contributed by atoms with Crippen LogP contribution in [0.4, 0.5) is 5.69 Å². The minimum atomic E-state index is -0.158. The number of hydrogen-bond acceptors (Lipinski definition) is 2. The average molecular weight is 336 g/mol. The van der Waals surface area contributed by atoms with Crippen molar-refractivity contribution in [1.29, 1.82) is 0 Å². The van der Waals surface area contributed by atoms with Gasteiger partial charge in [-0.1, -0.05) is 18.2 Å². The maximum absolute atomic E-state index is 12.5. The summed E-state index contributed by atoms with van der Waals surface area (Å²) in [7, 11) is 0. The van der Waals surface area contributed by atoms with Gasteiger partial charge in [-0.05, 0) is 68.5 Å². The Labute approximate surface area is 148 Å². The van der Waals surface area contributed by atoms with Crippen LogP contribution in [-0.2, 0) is 0 Å². The third kappa shape index (κ3) is 3.90. The molecular formula is C21H24N2O2. The van der Waals surface area contributed by atoms with Crippen molar-refractivity contribution in [2.75, 3.05) is 18.4 Å². The fourth-order valence-corrected chi connectivity index (χ4v) is 3.24. The van der Waals surface area contributed by atoms with E-state index in [0.717, 1.165) is 42.7 Å². The molecule has 1 fully saturated rings. The zero-order chi connectivity index (χ0) is 17.8. The highest BCUT2D eigenvalue weighted by molar-refractivity contribution is 6.05. The lowest BCUT2D eigenvalue weighted by molar-refractivity contribution is 0.0724. The molecule has 4 nitrogen and oxygen atoms in total. The molecule has 0 aromatic heterocycles. The molecule has 0 unspecified atom stereocenters. The quantitative estimate of drug-likeness (QED) is 0.914. The maximum atomic E-state index is 12.5. The number of aryl methyl sites for hydroxylation is 2. The van der Waals surface area contributed by atoms with E-state index in [9.17, 15) is 9.59 Å². The molecule has 25 heavy (non-hydrogen) atoms. The number of anilines is 1. The van der Waals surface area contributed by atoms with Gasteiger partial charge in [0.05, 0.1) is 0 Å². The molecule has 2 aromatic carbocycles. The van der Waals surface area contributed by atoms with Crippen LogP contribution >= 0.6 is 0 Å². The monoisotopic (exact) mass is 336 g/mol. The summed E-state index contributed by atoms with van der Waals surface area (Å²) in [5, 5.41) is 2.97. The molecule has 4 heteroatoms. The summed E-state index contributed by atoms with van der Waals surface area (Å²) in [4.78, 5) is 26.9. The summed E-state index contributed by atoms with van der Waals surface area (Å²) in [6, 6.07) is 12.9. The number of piperidine rings is 1. The Balaban J connectivity index is 1.71.